The molecule has 4 aromatic rings. The Balaban J connectivity index is 1.91. The van der Waals surface area contributed by atoms with Gasteiger partial charge in [-0.15, -0.1) is 11.3 Å². The van der Waals surface area contributed by atoms with Crippen LogP contribution in [0.15, 0.2) is 47.8 Å². The molecule has 0 aliphatic rings. The Bertz CT molecular complexity index is 1070. The van der Waals surface area contributed by atoms with Crippen LogP contribution in [0, 0.1) is 6.92 Å². The van der Waals surface area contributed by atoms with E-state index in [0.717, 1.165) is 10.4 Å². The third-order valence-corrected chi connectivity index (χ3v) is 5.27. The van der Waals surface area contributed by atoms with E-state index in [1.165, 1.54) is 17.4 Å². The molecule has 0 fully saturated rings. The number of benzene rings is 1. The summed E-state index contributed by atoms with van der Waals surface area (Å²) in [6.45, 7) is 2.14. The zero-order valence-corrected chi connectivity index (χ0v) is 15.4. The Hall–Kier alpha value is -2.31. The van der Waals surface area contributed by atoms with Gasteiger partial charge < -0.3 is 0 Å². The maximum Gasteiger partial charge on any atom is 0.264 e. The third kappa shape index (κ3) is 3.10. The molecule has 0 saturated heterocycles. The number of hydrogen-bond donors (Lipinski definition) is 0. The summed E-state index contributed by atoms with van der Waals surface area (Å²) in [6, 6.07) is 12.6. The van der Waals surface area contributed by atoms with Gasteiger partial charge in [0.1, 0.15) is 0 Å². The monoisotopic (exact) mass is 389 g/mol. The Morgan fingerprint density at radius 2 is 2.04 bits per heavy atom. The lowest BCUT2D eigenvalue weighted by Gasteiger charge is -2.08. The summed E-state index contributed by atoms with van der Waals surface area (Å²) >= 11 is 7.52. The van der Waals surface area contributed by atoms with Crippen LogP contribution in [-0.4, -0.2) is 14.8 Å². The summed E-state index contributed by atoms with van der Waals surface area (Å²) < 4.78 is 29.1. The first-order valence-corrected chi connectivity index (χ1v) is 9.23. The van der Waals surface area contributed by atoms with E-state index in [1.54, 1.807) is 17.7 Å². The van der Waals surface area contributed by atoms with Crippen LogP contribution in [0.4, 0.5) is 8.78 Å². The van der Waals surface area contributed by atoms with Crippen LogP contribution >= 0.6 is 22.9 Å². The van der Waals surface area contributed by atoms with Gasteiger partial charge in [0.25, 0.3) is 6.43 Å². The fourth-order valence-electron chi connectivity index (χ4n) is 3.03. The number of alkyl halides is 2. The first kappa shape index (κ1) is 17.1. The van der Waals surface area contributed by atoms with Crippen LogP contribution in [-0.2, 0) is 6.54 Å². The highest BCUT2D eigenvalue weighted by Gasteiger charge is 2.21. The fraction of sp³-hybridized carbons (Fsp3) is 0.158. The number of hydrogen-bond acceptors (Lipinski definition) is 3. The van der Waals surface area contributed by atoms with Crippen LogP contribution in [0.1, 0.15) is 23.2 Å². The lowest BCUT2D eigenvalue weighted by atomic mass is 10.1. The van der Waals surface area contributed by atoms with Crippen molar-refractivity contribution in [2.75, 3.05) is 0 Å². The Morgan fingerprint density at radius 1 is 1.19 bits per heavy atom. The second-order valence-corrected chi connectivity index (χ2v) is 7.33. The Kier molecular flexibility index (Phi) is 4.46. The second-order valence-electron chi connectivity index (χ2n) is 5.95. The van der Waals surface area contributed by atoms with Crippen molar-refractivity contribution in [2.24, 2.45) is 0 Å². The maximum atomic E-state index is 13.7. The first-order valence-electron chi connectivity index (χ1n) is 7.97. The Labute approximate surface area is 157 Å². The number of aryl methyl sites for hydroxylation is 1. The van der Waals surface area contributed by atoms with Crippen molar-refractivity contribution in [3.63, 3.8) is 0 Å². The zero-order valence-electron chi connectivity index (χ0n) is 13.8. The first-order chi connectivity index (χ1) is 12.5. The van der Waals surface area contributed by atoms with Crippen molar-refractivity contribution in [1.29, 1.82) is 0 Å². The predicted molar refractivity (Wildman–Crippen MR) is 101 cm³/mol. The SMILES string of the molecule is Cc1nn(Cc2cccc(Cl)c2)c2nc(-c3cccs3)cc(C(F)F)c12. The van der Waals surface area contributed by atoms with Gasteiger partial charge in [-0.05, 0) is 42.1 Å². The molecule has 0 atom stereocenters. The van der Waals surface area contributed by atoms with Crippen LogP contribution in [0.25, 0.3) is 21.6 Å². The maximum absolute atomic E-state index is 13.7. The van der Waals surface area contributed by atoms with E-state index in [1.807, 2.05) is 35.7 Å². The van der Waals surface area contributed by atoms with Crippen LogP contribution in [0.2, 0.25) is 5.02 Å². The van der Waals surface area contributed by atoms with Crippen LogP contribution < -0.4 is 0 Å². The van der Waals surface area contributed by atoms with Gasteiger partial charge in [0, 0.05) is 10.6 Å². The molecule has 0 unspecified atom stereocenters. The van der Waals surface area contributed by atoms with E-state index in [-0.39, 0.29) is 5.56 Å². The largest absolute Gasteiger partial charge is 0.264 e. The minimum Gasteiger partial charge on any atom is -0.243 e. The second kappa shape index (κ2) is 6.78. The highest BCUT2D eigenvalue weighted by Crippen LogP contribution is 2.34. The molecule has 7 heteroatoms. The van der Waals surface area contributed by atoms with Gasteiger partial charge in [0.15, 0.2) is 5.65 Å². The molecule has 0 spiro atoms. The topological polar surface area (TPSA) is 30.7 Å². The van der Waals surface area contributed by atoms with Crippen molar-refractivity contribution >= 4 is 34.0 Å². The quantitative estimate of drug-likeness (QED) is 0.421. The fourth-order valence-corrected chi connectivity index (χ4v) is 3.93. The number of rotatable bonds is 4. The van der Waals surface area contributed by atoms with E-state index >= 15 is 0 Å². The molecule has 132 valence electrons. The molecule has 0 aliphatic carbocycles. The molecule has 0 N–H and O–H groups in total. The molecular formula is C19H14ClF2N3S. The van der Waals surface area contributed by atoms with Crippen LogP contribution in [0.3, 0.4) is 0 Å². The van der Waals surface area contributed by atoms with E-state index in [4.69, 9.17) is 11.6 Å². The van der Waals surface area contributed by atoms with Gasteiger partial charge in [-0.2, -0.15) is 5.10 Å². The van der Waals surface area contributed by atoms with Gasteiger partial charge in [-0.1, -0.05) is 29.8 Å². The highest BCUT2D eigenvalue weighted by molar-refractivity contribution is 7.13. The normalized spacial score (nSPS) is 11.6. The summed E-state index contributed by atoms with van der Waals surface area (Å²) in [4.78, 5) is 5.49. The highest BCUT2D eigenvalue weighted by atomic mass is 35.5. The molecule has 1 aromatic carbocycles. The third-order valence-electron chi connectivity index (χ3n) is 4.14. The van der Waals surface area contributed by atoms with Gasteiger partial charge in [0.2, 0.25) is 0 Å². The van der Waals surface area contributed by atoms with Crippen molar-refractivity contribution in [3.05, 3.63) is 69.7 Å². The molecule has 3 heterocycles. The van der Waals surface area contributed by atoms with Crippen molar-refractivity contribution in [1.82, 2.24) is 14.8 Å². The number of nitrogens with zero attached hydrogens (tertiary/aromatic N) is 3. The minimum absolute atomic E-state index is 0.0340. The standard InChI is InChI=1S/C19H14ClF2N3S/c1-11-17-14(18(21)22)9-15(16-6-3-7-26-16)23-19(17)25(24-11)10-12-4-2-5-13(20)8-12/h2-9,18H,10H2,1H3. The Morgan fingerprint density at radius 3 is 2.73 bits per heavy atom. The average molecular weight is 390 g/mol. The smallest absolute Gasteiger partial charge is 0.243 e. The molecule has 0 saturated carbocycles. The predicted octanol–water partition coefficient (Wildman–Crippen LogP) is 6.11. The van der Waals surface area contributed by atoms with E-state index in [9.17, 15) is 8.78 Å². The molecule has 0 aliphatic heterocycles. The van der Waals surface area contributed by atoms with E-state index in [0.29, 0.717) is 34.0 Å². The van der Waals surface area contributed by atoms with Gasteiger partial charge >= 0.3 is 0 Å². The molecule has 0 bridgehead atoms. The summed E-state index contributed by atoms with van der Waals surface area (Å²) in [5.41, 5.74) is 2.44. The summed E-state index contributed by atoms with van der Waals surface area (Å²) in [7, 11) is 0. The summed E-state index contributed by atoms with van der Waals surface area (Å²) in [5.74, 6) is 0. The van der Waals surface area contributed by atoms with Crippen LogP contribution in [0.5, 0.6) is 0 Å². The molecular weight excluding hydrogens is 376 g/mol. The lowest BCUT2D eigenvalue weighted by molar-refractivity contribution is 0.153. The molecule has 0 radical (unpaired) electrons. The van der Waals surface area contributed by atoms with Gasteiger partial charge in [-0.3, -0.25) is 0 Å². The molecule has 3 nitrogen and oxygen atoms in total. The molecule has 0 amide bonds. The number of fused-ring (bicyclic) bond motifs is 1. The molecule has 26 heavy (non-hydrogen) atoms. The average Bonchev–Trinajstić information content (AvgIpc) is 3.23. The molecule has 4 rings (SSSR count). The van der Waals surface area contributed by atoms with Crippen molar-refractivity contribution < 1.29 is 8.78 Å². The minimum atomic E-state index is -2.60. The van der Waals surface area contributed by atoms with E-state index in [2.05, 4.69) is 10.1 Å². The summed E-state index contributed by atoms with van der Waals surface area (Å²) in [6.07, 6.45) is -2.60. The number of thiophene rings is 1. The van der Waals surface area contributed by atoms with Crippen molar-refractivity contribution in [3.8, 4) is 10.6 Å². The summed E-state index contributed by atoms with van der Waals surface area (Å²) in [5, 5.41) is 7.40. The van der Waals surface area contributed by atoms with Crippen molar-refractivity contribution in [2.45, 2.75) is 19.9 Å². The number of pyridine rings is 1. The molecule has 3 aromatic heterocycles. The van der Waals surface area contributed by atoms with Gasteiger partial charge in [-0.25, -0.2) is 18.4 Å². The number of aromatic nitrogens is 3. The van der Waals surface area contributed by atoms with Gasteiger partial charge in [0.05, 0.1) is 28.2 Å². The number of halogens is 3. The zero-order chi connectivity index (χ0) is 18.3. The van der Waals surface area contributed by atoms with E-state index < -0.39 is 6.43 Å². The lowest BCUT2D eigenvalue weighted by Crippen LogP contribution is -2.03.